The lowest BCUT2D eigenvalue weighted by atomic mass is 10.1. The molecule has 0 aliphatic carbocycles. The summed E-state index contributed by atoms with van der Waals surface area (Å²) in [5.74, 6) is 0.0779. The quantitative estimate of drug-likeness (QED) is 0.677. The molecular weight excluding hydrogens is 360 g/mol. The summed E-state index contributed by atoms with van der Waals surface area (Å²) in [6.07, 6.45) is 0. The maximum absolute atomic E-state index is 12.5. The van der Waals surface area contributed by atoms with E-state index < -0.39 is 10.0 Å². The standard InChI is InChI=1S/C20H22N4O2S/c1-14-5-4-6-17(11-14)13-21-18-7-9-19(10-8-18)27(25,26)24-20-22-15(2)12-16(3)23-20/h4-12,21H,13H2,1-3H3,(H,22,23,24). The Labute approximate surface area is 159 Å². The second-order valence-electron chi connectivity index (χ2n) is 6.45. The van der Waals surface area contributed by atoms with Gasteiger partial charge in [0.2, 0.25) is 5.95 Å². The van der Waals surface area contributed by atoms with E-state index in [1.54, 1.807) is 44.2 Å². The zero-order chi connectivity index (χ0) is 19.4. The zero-order valence-electron chi connectivity index (χ0n) is 15.5. The van der Waals surface area contributed by atoms with Gasteiger partial charge in [-0.25, -0.2) is 23.1 Å². The first-order valence-electron chi connectivity index (χ1n) is 8.56. The van der Waals surface area contributed by atoms with Crippen molar-refractivity contribution in [3.63, 3.8) is 0 Å². The number of hydrogen-bond acceptors (Lipinski definition) is 5. The number of aromatic nitrogens is 2. The van der Waals surface area contributed by atoms with Crippen LogP contribution < -0.4 is 10.0 Å². The molecule has 1 aromatic heterocycles. The topological polar surface area (TPSA) is 84.0 Å². The van der Waals surface area contributed by atoms with Crippen LogP contribution in [0.1, 0.15) is 22.5 Å². The van der Waals surface area contributed by atoms with Gasteiger partial charge in [-0.2, -0.15) is 0 Å². The highest BCUT2D eigenvalue weighted by Crippen LogP contribution is 2.18. The van der Waals surface area contributed by atoms with Gasteiger partial charge < -0.3 is 5.32 Å². The minimum absolute atomic E-state index is 0.0779. The molecule has 0 amide bonds. The third-order valence-corrected chi connectivity index (χ3v) is 5.30. The Kier molecular flexibility index (Phi) is 5.41. The fourth-order valence-electron chi connectivity index (χ4n) is 2.73. The van der Waals surface area contributed by atoms with Crippen molar-refractivity contribution in [1.82, 2.24) is 9.97 Å². The van der Waals surface area contributed by atoms with Gasteiger partial charge in [0.25, 0.3) is 10.0 Å². The lowest BCUT2D eigenvalue weighted by Gasteiger charge is -2.10. The molecule has 0 aliphatic heterocycles. The largest absolute Gasteiger partial charge is 0.381 e. The van der Waals surface area contributed by atoms with Crippen molar-refractivity contribution in [1.29, 1.82) is 0 Å². The minimum atomic E-state index is -3.74. The summed E-state index contributed by atoms with van der Waals surface area (Å²) < 4.78 is 27.5. The Morgan fingerprint density at radius 1 is 0.889 bits per heavy atom. The highest BCUT2D eigenvalue weighted by molar-refractivity contribution is 7.92. The second kappa shape index (κ2) is 7.75. The fourth-order valence-corrected chi connectivity index (χ4v) is 3.67. The fraction of sp³-hybridized carbons (Fsp3) is 0.200. The molecule has 3 aromatic rings. The molecule has 2 N–H and O–H groups in total. The Bertz CT molecular complexity index is 1030. The predicted molar refractivity (Wildman–Crippen MR) is 107 cm³/mol. The van der Waals surface area contributed by atoms with Crippen LogP contribution in [-0.2, 0) is 16.6 Å². The van der Waals surface area contributed by atoms with Gasteiger partial charge in [0, 0.05) is 23.6 Å². The maximum atomic E-state index is 12.5. The normalized spacial score (nSPS) is 11.2. The predicted octanol–water partition coefficient (Wildman–Crippen LogP) is 3.81. The number of sulfonamides is 1. The molecule has 0 aliphatic rings. The van der Waals surface area contributed by atoms with E-state index in [2.05, 4.69) is 39.1 Å². The van der Waals surface area contributed by atoms with Crippen molar-refractivity contribution < 1.29 is 8.42 Å². The first-order chi connectivity index (χ1) is 12.8. The number of benzene rings is 2. The smallest absolute Gasteiger partial charge is 0.264 e. The van der Waals surface area contributed by atoms with E-state index in [0.717, 1.165) is 5.69 Å². The summed E-state index contributed by atoms with van der Waals surface area (Å²) in [5.41, 5.74) is 4.63. The van der Waals surface area contributed by atoms with Crippen molar-refractivity contribution in [3.05, 3.63) is 77.1 Å². The summed E-state index contributed by atoms with van der Waals surface area (Å²) in [7, 11) is -3.74. The molecule has 140 valence electrons. The molecule has 1 heterocycles. The van der Waals surface area contributed by atoms with Crippen molar-refractivity contribution in [3.8, 4) is 0 Å². The van der Waals surface area contributed by atoms with Crippen LogP contribution in [0, 0.1) is 20.8 Å². The van der Waals surface area contributed by atoms with Gasteiger partial charge in [0.15, 0.2) is 0 Å². The van der Waals surface area contributed by atoms with Gasteiger partial charge in [-0.3, -0.25) is 0 Å². The highest BCUT2D eigenvalue weighted by atomic mass is 32.2. The summed E-state index contributed by atoms with van der Waals surface area (Å²) in [4.78, 5) is 8.40. The third kappa shape index (κ3) is 5.04. The number of aryl methyl sites for hydroxylation is 3. The average Bonchev–Trinajstić information content (AvgIpc) is 2.59. The summed E-state index contributed by atoms with van der Waals surface area (Å²) in [6, 6.07) is 16.6. The van der Waals surface area contributed by atoms with Crippen molar-refractivity contribution in [2.24, 2.45) is 0 Å². The molecule has 0 saturated heterocycles. The Morgan fingerprint density at radius 3 is 2.19 bits per heavy atom. The Morgan fingerprint density at radius 2 is 1.56 bits per heavy atom. The van der Waals surface area contributed by atoms with E-state index in [9.17, 15) is 8.42 Å². The average molecular weight is 382 g/mol. The van der Waals surface area contributed by atoms with E-state index >= 15 is 0 Å². The highest BCUT2D eigenvalue weighted by Gasteiger charge is 2.16. The van der Waals surface area contributed by atoms with Gasteiger partial charge in [-0.05, 0) is 56.7 Å². The van der Waals surface area contributed by atoms with Crippen LogP contribution in [0.25, 0.3) is 0 Å². The lowest BCUT2D eigenvalue weighted by Crippen LogP contribution is -2.15. The number of hydrogen-bond donors (Lipinski definition) is 2. The Hall–Kier alpha value is -2.93. The molecule has 3 rings (SSSR count). The van der Waals surface area contributed by atoms with Gasteiger partial charge in [-0.15, -0.1) is 0 Å². The summed E-state index contributed by atoms with van der Waals surface area (Å²) in [5, 5.41) is 3.29. The maximum Gasteiger partial charge on any atom is 0.264 e. The molecule has 0 spiro atoms. The molecule has 0 saturated carbocycles. The van der Waals surface area contributed by atoms with Crippen LogP contribution >= 0.6 is 0 Å². The van der Waals surface area contributed by atoms with E-state index in [1.807, 2.05) is 12.1 Å². The van der Waals surface area contributed by atoms with Crippen molar-refractivity contribution >= 4 is 21.7 Å². The zero-order valence-corrected chi connectivity index (χ0v) is 16.3. The van der Waals surface area contributed by atoms with E-state index in [-0.39, 0.29) is 10.8 Å². The molecule has 0 fully saturated rings. The van der Waals surface area contributed by atoms with Crippen LogP contribution in [0.2, 0.25) is 0 Å². The molecule has 27 heavy (non-hydrogen) atoms. The number of nitrogens with one attached hydrogen (secondary N) is 2. The monoisotopic (exact) mass is 382 g/mol. The first-order valence-corrected chi connectivity index (χ1v) is 10.0. The molecule has 0 radical (unpaired) electrons. The first kappa shape index (κ1) is 18.8. The van der Waals surface area contributed by atoms with Gasteiger partial charge in [0.05, 0.1) is 4.90 Å². The lowest BCUT2D eigenvalue weighted by molar-refractivity contribution is 0.601. The molecule has 0 unspecified atom stereocenters. The van der Waals surface area contributed by atoms with Gasteiger partial charge in [0.1, 0.15) is 0 Å². The van der Waals surface area contributed by atoms with Crippen LogP contribution in [0.3, 0.4) is 0 Å². The molecule has 0 bridgehead atoms. The molecule has 6 nitrogen and oxygen atoms in total. The summed E-state index contributed by atoms with van der Waals surface area (Å²) >= 11 is 0. The van der Waals surface area contributed by atoms with Crippen LogP contribution in [0.4, 0.5) is 11.6 Å². The molecule has 7 heteroatoms. The van der Waals surface area contributed by atoms with Crippen LogP contribution in [0.5, 0.6) is 0 Å². The third-order valence-electron chi connectivity index (χ3n) is 3.95. The number of rotatable bonds is 6. The Balaban J connectivity index is 1.70. The second-order valence-corrected chi connectivity index (χ2v) is 8.13. The van der Waals surface area contributed by atoms with Crippen LogP contribution in [0.15, 0.2) is 59.5 Å². The SMILES string of the molecule is Cc1cccc(CNc2ccc(S(=O)(=O)Nc3nc(C)cc(C)n3)cc2)c1. The number of nitrogens with zero attached hydrogens (tertiary/aromatic N) is 2. The van der Waals surface area contributed by atoms with Crippen molar-refractivity contribution in [2.45, 2.75) is 32.2 Å². The molecular formula is C20H22N4O2S. The molecule has 0 atom stereocenters. The van der Waals surface area contributed by atoms with E-state index in [4.69, 9.17) is 0 Å². The van der Waals surface area contributed by atoms with Crippen LogP contribution in [-0.4, -0.2) is 18.4 Å². The van der Waals surface area contributed by atoms with Gasteiger partial charge >= 0.3 is 0 Å². The minimum Gasteiger partial charge on any atom is -0.381 e. The van der Waals surface area contributed by atoms with E-state index in [1.165, 1.54) is 11.1 Å². The molecule has 2 aromatic carbocycles. The van der Waals surface area contributed by atoms with Crippen molar-refractivity contribution in [2.75, 3.05) is 10.0 Å². The van der Waals surface area contributed by atoms with Gasteiger partial charge in [-0.1, -0.05) is 29.8 Å². The van der Waals surface area contributed by atoms with E-state index in [0.29, 0.717) is 17.9 Å². The summed E-state index contributed by atoms with van der Waals surface area (Å²) in [6.45, 7) is 6.31. The number of anilines is 2.